The zero-order valence-electron chi connectivity index (χ0n) is 6.90. The van der Waals surface area contributed by atoms with Crippen LogP contribution in [0.25, 0.3) is 0 Å². The quantitative estimate of drug-likeness (QED) is 0.567. The minimum atomic E-state index is -0.639. The largest absolute Gasteiger partial charge is 0.396 e. The fraction of sp³-hybridized carbons (Fsp3) is 0.750. The zero-order chi connectivity index (χ0) is 9.03. The standard InChI is InChI=1S/C8H14O4/c1-2-7-11-5-8(3-9,4-10)6-12-7/h2,7,9-10H,1,3-6H2. The van der Waals surface area contributed by atoms with Crippen molar-refractivity contribution in [3.05, 3.63) is 12.7 Å². The van der Waals surface area contributed by atoms with Gasteiger partial charge in [0.25, 0.3) is 0 Å². The van der Waals surface area contributed by atoms with Gasteiger partial charge in [-0.15, -0.1) is 0 Å². The summed E-state index contributed by atoms with van der Waals surface area (Å²) in [6.07, 6.45) is 1.13. The van der Waals surface area contributed by atoms with Gasteiger partial charge in [0, 0.05) is 0 Å². The third kappa shape index (κ3) is 1.84. The van der Waals surface area contributed by atoms with Crippen molar-refractivity contribution >= 4 is 0 Å². The van der Waals surface area contributed by atoms with Gasteiger partial charge in [0.05, 0.1) is 31.8 Å². The molecule has 0 radical (unpaired) electrons. The predicted molar refractivity (Wildman–Crippen MR) is 42.5 cm³/mol. The first-order valence-electron chi connectivity index (χ1n) is 3.84. The van der Waals surface area contributed by atoms with E-state index in [9.17, 15) is 0 Å². The van der Waals surface area contributed by atoms with Crippen LogP contribution in [-0.4, -0.2) is 42.9 Å². The lowest BCUT2D eigenvalue weighted by Gasteiger charge is -2.36. The highest BCUT2D eigenvalue weighted by Crippen LogP contribution is 2.23. The van der Waals surface area contributed by atoms with Gasteiger partial charge in [-0.25, -0.2) is 0 Å². The summed E-state index contributed by atoms with van der Waals surface area (Å²) in [4.78, 5) is 0. The molecule has 2 N–H and O–H groups in total. The number of hydrogen-bond donors (Lipinski definition) is 2. The Balaban J connectivity index is 2.47. The maximum atomic E-state index is 8.95. The lowest BCUT2D eigenvalue weighted by Crippen LogP contribution is -2.46. The van der Waals surface area contributed by atoms with Crippen LogP contribution in [0.4, 0.5) is 0 Å². The molecule has 4 nitrogen and oxygen atoms in total. The molecule has 1 saturated heterocycles. The molecule has 0 aromatic rings. The molecule has 0 spiro atoms. The van der Waals surface area contributed by atoms with Gasteiger partial charge in [0.15, 0.2) is 6.29 Å². The Morgan fingerprint density at radius 3 is 2.17 bits per heavy atom. The third-order valence-corrected chi connectivity index (χ3v) is 1.97. The van der Waals surface area contributed by atoms with Gasteiger partial charge in [0.1, 0.15) is 0 Å². The maximum Gasteiger partial charge on any atom is 0.176 e. The SMILES string of the molecule is C=CC1OCC(CO)(CO)CO1. The highest BCUT2D eigenvalue weighted by atomic mass is 16.7. The molecule has 4 heteroatoms. The Bertz CT molecular complexity index is 143. The van der Waals surface area contributed by atoms with E-state index in [2.05, 4.69) is 6.58 Å². The van der Waals surface area contributed by atoms with Crippen molar-refractivity contribution in [3.63, 3.8) is 0 Å². The third-order valence-electron chi connectivity index (χ3n) is 1.97. The second kappa shape index (κ2) is 4.00. The molecule has 0 aromatic heterocycles. The Hall–Kier alpha value is -0.420. The topological polar surface area (TPSA) is 58.9 Å². The normalized spacial score (nSPS) is 23.8. The molecule has 0 atom stereocenters. The first-order valence-corrected chi connectivity index (χ1v) is 3.84. The number of ether oxygens (including phenoxy) is 2. The van der Waals surface area contributed by atoms with E-state index in [-0.39, 0.29) is 13.2 Å². The van der Waals surface area contributed by atoms with E-state index in [0.717, 1.165) is 0 Å². The second-order valence-corrected chi connectivity index (χ2v) is 3.04. The molecular formula is C8H14O4. The molecule has 0 aliphatic carbocycles. The van der Waals surface area contributed by atoms with E-state index < -0.39 is 11.7 Å². The Labute approximate surface area is 71.4 Å². The van der Waals surface area contributed by atoms with Crippen LogP contribution < -0.4 is 0 Å². The van der Waals surface area contributed by atoms with Gasteiger partial charge in [-0.2, -0.15) is 0 Å². The van der Waals surface area contributed by atoms with Crippen LogP contribution in [-0.2, 0) is 9.47 Å². The maximum absolute atomic E-state index is 8.95. The number of aliphatic hydroxyl groups excluding tert-OH is 2. The fourth-order valence-electron chi connectivity index (χ4n) is 0.976. The Kier molecular flexibility index (Phi) is 3.22. The number of rotatable bonds is 3. The molecule has 70 valence electrons. The van der Waals surface area contributed by atoms with Crippen LogP contribution in [0.15, 0.2) is 12.7 Å². The molecule has 0 unspecified atom stereocenters. The zero-order valence-corrected chi connectivity index (χ0v) is 6.90. The van der Waals surface area contributed by atoms with Crippen LogP contribution in [0, 0.1) is 5.41 Å². The first kappa shape index (κ1) is 9.67. The Morgan fingerprint density at radius 1 is 1.33 bits per heavy atom. The van der Waals surface area contributed by atoms with Crippen molar-refractivity contribution in [3.8, 4) is 0 Å². The Morgan fingerprint density at radius 2 is 1.83 bits per heavy atom. The summed E-state index contributed by atoms with van der Waals surface area (Å²) >= 11 is 0. The van der Waals surface area contributed by atoms with Crippen molar-refractivity contribution in [2.45, 2.75) is 6.29 Å². The predicted octanol–water partition coefficient (Wildman–Crippen LogP) is -0.484. The fourth-order valence-corrected chi connectivity index (χ4v) is 0.976. The monoisotopic (exact) mass is 174 g/mol. The molecular weight excluding hydrogens is 160 g/mol. The van der Waals surface area contributed by atoms with Crippen molar-refractivity contribution in [2.24, 2.45) is 5.41 Å². The van der Waals surface area contributed by atoms with E-state index in [1.807, 2.05) is 0 Å². The van der Waals surface area contributed by atoms with Crippen molar-refractivity contribution in [1.29, 1.82) is 0 Å². The van der Waals surface area contributed by atoms with Crippen LogP contribution in [0.1, 0.15) is 0 Å². The van der Waals surface area contributed by atoms with Gasteiger partial charge >= 0.3 is 0 Å². The van der Waals surface area contributed by atoms with Crippen LogP contribution in [0.2, 0.25) is 0 Å². The average molecular weight is 174 g/mol. The summed E-state index contributed by atoms with van der Waals surface area (Å²) in [6.45, 7) is 3.85. The average Bonchev–Trinajstić information content (AvgIpc) is 2.18. The van der Waals surface area contributed by atoms with E-state index in [1.54, 1.807) is 6.08 Å². The molecule has 1 aliphatic rings. The summed E-state index contributed by atoms with van der Waals surface area (Å²) < 4.78 is 10.3. The smallest absolute Gasteiger partial charge is 0.176 e. The van der Waals surface area contributed by atoms with Crippen molar-refractivity contribution < 1.29 is 19.7 Å². The van der Waals surface area contributed by atoms with Crippen LogP contribution in [0.5, 0.6) is 0 Å². The summed E-state index contributed by atoms with van der Waals surface area (Å²) in [6, 6.07) is 0. The highest BCUT2D eigenvalue weighted by Gasteiger charge is 2.35. The second-order valence-electron chi connectivity index (χ2n) is 3.04. The first-order chi connectivity index (χ1) is 5.76. The van der Waals surface area contributed by atoms with Gasteiger partial charge in [-0.3, -0.25) is 0 Å². The number of aliphatic hydroxyl groups is 2. The number of hydrogen-bond acceptors (Lipinski definition) is 4. The summed E-state index contributed by atoms with van der Waals surface area (Å²) in [7, 11) is 0. The van der Waals surface area contributed by atoms with Crippen LogP contribution in [0.3, 0.4) is 0 Å². The van der Waals surface area contributed by atoms with E-state index in [0.29, 0.717) is 13.2 Å². The summed E-state index contributed by atoms with van der Waals surface area (Å²) in [5, 5.41) is 17.9. The van der Waals surface area contributed by atoms with Gasteiger partial charge in [-0.05, 0) is 6.08 Å². The van der Waals surface area contributed by atoms with Crippen molar-refractivity contribution in [2.75, 3.05) is 26.4 Å². The summed E-state index contributed by atoms with van der Waals surface area (Å²) in [5.74, 6) is 0. The lowest BCUT2D eigenvalue weighted by molar-refractivity contribution is -0.223. The van der Waals surface area contributed by atoms with Crippen LogP contribution >= 0.6 is 0 Å². The van der Waals surface area contributed by atoms with E-state index in [1.165, 1.54) is 0 Å². The highest BCUT2D eigenvalue weighted by molar-refractivity contribution is 4.84. The molecule has 0 bridgehead atoms. The molecule has 0 amide bonds. The molecule has 12 heavy (non-hydrogen) atoms. The molecule has 0 aromatic carbocycles. The lowest BCUT2D eigenvalue weighted by atomic mass is 9.92. The minimum absolute atomic E-state index is 0.132. The minimum Gasteiger partial charge on any atom is -0.396 e. The van der Waals surface area contributed by atoms with Gasteiger partial charge in [0.2, 0.25) is 0 Å². The van der Waals surface area contributed by atoms with Gasteiger partial charge in [-0.1, -0.05) is 6.58 Å². The summed E-state index contributed by atoms with van der Waals surface area (Å²) in [5.41, 5.74) is -0.639. The molecule has 1 fully saturated rings. The molecule has 1 rings (SSSR count). The van der Waals surface area contributed by atoms with E-state index >= 15 is 0 Å². The molecule has 1 aliphatic heterocycles. The van der Waals surface area contributed by atoms with Gasteiger partial charge < -0.3 is 19.7 Å². The molecule has 1 heterocycles. The molecule has 0 saturated carbocycles. The van der Waals surface area contributed by atoms with Crippen molar-refractivity contribution in [1.82, 2.24) is 0 Å². The van der Waals surface area contributed by atoms with E-state index in [4.69, 9.17) is 19.7 Å².